The molecule has 1 aliphatic rings. The van der Waals surface area contributed by atoms with Crippen LogP contribution >= 0.6 is 0 Å². The van der Waals surface area contributed by atoms with Gasteiger partial charge in [0.1, 0.15) is 6.54 Å². The van der Waals surface area contributed by atoms with Gasteiger partial charge >= 0.3 is 0 Å². The minimum atomic E-state index is 0.275. The van der Waals surface area contributed by atoms with Crippen molar-refractivity contribution in [1.82, 2.24) is 0 Å². The van der Waals surface area contributed by atoms with Crippen molar-refractivity contribution >= 4 is 32.4 Å². The van der Waals surface area contributed by atoms with Crippen LogP contribution in [-0.2, 0) is 6.54 Å². The van der Waals surface area contributed by atoms with E-state index in [9.17, 15) is 0 Å². The van der Waals surface area contributed by atoms with Crippen molar-refractivity contribution in [3.8, 4) is 23.0 Å². The number of aryl methyl sites for hydroxylation is 1. The molecule has 2 heterocycles. The van der Waals surface area contributed by atoms with Crippen LogP contribution in [0.1, 0.15) is 13.8 Å². The maximum Gasteiger partial charge on any atom is 0.231 e. The SMILES string of the molecule is CCOc1ccc2c(c[n+](CC)c3c4cc5c(cc4ccc23)OCO5)c1OC. The molecule has 4 aromatic rings. The molecule has 0 atom stereocenters. The van der Waals surface area contributed by atoms with Crippen molar-refractivity contribution < 1.29 is 23.5 Å². The number of hydrogen-bond donors (Lipinski definition) is 0. The molecular formula is C23H22NO4+. The Hall–Kier alpha value is -3.21. The van der Waals surface area contributed by atoms with Crippen LogP contribution in [0.2, 0.25) is 0 Å². The second-order valence-electron chi connectivity index (χ2n) is 6.79. The lowest BCUT2D eigenvalue weighted by molar-refractivity contribution is -0.665. The smallest absolute Gasteiger partial charge is 0.231 e. The summed E-state index contributed by atoms with van der Waals surface area (Å²) in [6.45, 7) is 5.84. The highest BCUT2D eigenvalue weighted by molar-refractivity contribution is 6.15. The predicted molar refractivity (Wildman–Crippen MR) is 109 cm³/mol. The first-order chi connectivity index (χ1) is 13.7. The van der Waals surface area contributed by atoms with E-state index < -0.39 is 0 Å². The number of benzene rings is 3. The van der Waals surface area contributed by atoms with Crippen molar-refractivity contribution in [2.45, 2.75) is 20.4 Å². The zero-order valence-electron chi connectivity index (χ0n) is 16.2. The van der Waals surface area contributed by atoms with Crippen molar-refractivity contribution in [2.24, 2.45) is 0 Å². The lowest BCUT2D eigenvalue weighted by atomic mass is 10.00. The fourth-order valence-electron chi connectivity index (χ4n) is 4.12. The maximum atomic E-state index is 5.78. The van der Waals surface area contributed by atoms with Gasteiger partial charge in [-0.3, -0.25) is 0 Å². The molecule has 5 heteroatoms. The number of pyridine rings is 1. The number of ether oxygens (including phenoxy) is 4. The molecular weight excluding hydrogens is 354 g/mol. The van der Waals surface area contributed by atoms with E-state index in [-0.39, 0.29) is 6.79 Å². The molecule has 5 rings (SSSR count). The van der Waals surface area contributed by atoms with E-state index in [1.807, 2.05) is 13.0 Å². The van der Waals surface area contributed by atoms with Gasteiger partial charge in [0.2, 0.25) is 12.3 Å². The first-order valence-electron chi connectivity index (χ1n) is 9.57. The van der Waals surface area contributed by atoms with Crippen LogP contribution in [-0.4, -0.2) is 20.5 Å². The zero-order chi connectivity index (χ0) is 19.3. The lowest BCUT2D eigenvalue weighted by Gasteiger charge is -2.13. The number of aromatic nitrogens is 1. The molecule has 0 N–H and O–H groups in total. The van der Waals surface area contributed by atoms with E-state index in [1.54, 1.807) is 7.11 Å². The van der Waals surface area contributed by atoms with Gasteiger partial charge in [0.15, 0.2) is 29.2 Å². The van der Waals surface area contributed by atoms with Crippen LogP contribution in [0.15, 0.2) is 42.6 Å². The Kier molecular flexibility index (Phi) is 3.90. The Bertz CT molecular complexity index is 1230. The summed E-state index contributed by atoms with van der Waals surface area (Å²) in [5.41, 5.74) is 1.18. The quantitative estimate of drug-likeness (QED) is 0.386. The summed E-state index contributed by atoms with van der Waals surface area (Å²) in [6, 6.07) is 12.6. The Morgan fingerprint density at radius 3 is 2.46 bits per heavy atom. The molecule has 0 unspecified atom stereocenters. The largest absolute Gasteiger partial charge is 0.492 e. The molecule has 0 aliphatic carbocycles. The third-order valence-electron chi connectivity index (χ3n) is 5.35. The summed E-state index contributed by atoms with van der Waals surface area (Å²) in [5.74, 6) is 3.14. The summed E-state index contributed by atoms with van der Waals surface area (Å²) >= 11 is 0. The summed E-state index contributed by atoms with van der Waals surface area (Å²) < 4.78 is 25.0. The van der Waals surface area contributed by atoms with Gasteiger partial charge in [-0.25, -0.2) is 0 Å². The van der Waals surface area contributed by atoms with Crippen LogP contribution in [0, 0.1) is 0 Å². The molecule has 0 saturated heterocycles. The molecule has 28 heavy (non-hydrogen) atoms. The Labute approximate surface area is 163 Å². The fourth-order valence-corrected chi connectivity index (χ4v) is 4.12. The molecule has 0 bridgehead atoms. The number of fused-ring (bicyclic) bond motifs is 6. The van der Waals surface area contributed by atoms with E-state index >= 15 is 0 Å². The van der Waals surface area contributed by atoms with Gasteiger partial charge in [-0.1, -0.05) is 6.07 Å². The monoisotopic (exact) mass is 376 g/mol. The second kappa shape index (κ2) is 6.44. The van der Waals surface area contributed by atoms with Crippen molar-refractivity contribution in [3.63, 3.8) is 0 Å². The molecule has 5 nitrogen and oxygen atoms in total. The Morgan fingerprint density at radius 2 is 1.71 bits per heavy atom. The number of methoxy groups -OCH3 is 1. The lowest BCUT2D eigenvalue weighted by Crippen LogP contribution is -2.33. The highest BCUT2D eigenvalue weighted by Gasteiger charge is 2.22. The average molecular weight is 376 g/mol. The molecule has 0 radical (unpaired) electrons. The van der Waals surface area contributed by atoms with Crippen LogP contribution in [0.4, 0.5) is 0 Å². The molecule has 1 aromatic heterocycles. The Balaban J connectivity index is 1.91. The van der Waals surface area contributed by atoms with E-state index in [0.717, 1.165) is 51.1 Å². The second-order valence-corrected chi connectivity index (χ2v) is 6.79. The summed E-state index contributed by atoms with van der Waals surface area (Å²) in [6.07, 6.45) is 2.16. The third-order valence-corrected chi connectivity index (χ3v) is 5.35. The summed E-state index contributed by atoms with van der Waals surface area (Å²) in [7, 11) is 1.69. The molecule has 0 fully saturated rings. The zero-order valence-corrected chi connectivity index (χ0v) is 16.2. The molecule has 3 aromatic carbocycles. The number of nitrogens with zero attached hydrogens (tertiary/aromatic N) is 1. The van der Waals surface area contributed by atoms with Gasteiger partial charge in [-0.2, -0.15) is 4.57 Å². The van der Waals surface area contributed by atoms with Gasteiger partial charge in [0, 0.05) is 5.39 Å². The van der Waals surface area contributed by atoms with Crippen LogP contribution < -0.4 is 23.5 Å². The van der Waals surface area contributed by atoms with E-state index in [0.29, 0.717) is 6.61 Å². The van der Waals surface area contributed by atoms with Crippen molar-refractivity contribution in [2.75, 3.05) is 20.5 Å². The van der Waals surface area contributed by atoms with E-state index in [4.69, 9.17) is 18.9 Å². The number of rotatable bonds is 4. The topological polar surface area (TPSA) is 40.8 Å². The van der Waals surface area contributed by atoms with Crippen LogP contribution in [0.5, 0.6) is 23.0 Å². The molecule has 1 aliphatic heterocycles. The van der Waals surface area contributed by atoms with E-state index in [2.05, 4.69) is 48.0 Å². The van der Waals surface area contributed by atoms with Gasteiger partial charge in [0.05, 0.1) is 29.9 Å². The molecule has 142 valence electrons. The van der Waals surface area contributed by atoms with Crippen molar-refractivity contribution in [1.29, 1.82) is 0 Å². The normalized spacial score (nSPS) is 12.8. The highest BCUT2D eigenvalue weighted by atomic mass is 16.7. The molecule has 0 saturated carbocycles. The standard InChI is InChI=1S/C23H22NO4/c1-4-24-12-18-15(8-9-19(26-5-2)23(18)25-3)16-7-6-14-10-20-21(28-13-27-20)11-17(14)22(16)24/h6-12H,4-5,13H2,1-3H3/q+1. The van der Waals surface area contributed by atoms with Gasteiger partial charge < -0.3 is 18.9 Å². The Morgan fingerprint density at radius 1 is 0.929 bits per heavy atom. The minimum Gasteiger partial charge on any atom is -0.492 e. The first kappa shape index (κ1) is 16.9. The van der Waals surface area contributed by atoms with E-state index in [1.165, 1.54) is 10.9 Å². The number of hydrogen-bond acceptors (Lipinski definition) is 4. The van der Waals surface area contributed by atoms with Crippen LogP contribution in [0.25, 0.3) is 32.4 Å². The summed E-state index contributed by atoms with van der Waals surface area (Å²) in [5, 5.41) is 5.64. The molecule has 0 spiro atoms. The van der Waals surface area contributed by atoms with Gasteiger partial charge in [-0.15, -0.1) is 0 Å². The van der Waals surface area contributed by atoms with Crippen molar-refractivity contribution in [3.05, 3.63) is 42.6 Å². The maximum absolute atomic E-state index is 5.78. The average Bonchev–Trinajstić information content (AvgIpc) is 3.18. The third kappa shape index (κ3) is 2.35. The summed E-state index contributed by atoms with van der Waals surface area (Å²) in [4.78, 5) is 0. The fraction of sp³-hybridized carbons (Fsp3) is 0.261. The van der Waals surface area contributed by atoms with Gasteiger partial charge in [-0.05, 0) is 49.6 Å². The van der Waals surface area contributed by atoms with Crippen LogP contribution in [0.3, 0.4) is 0 Å². The molecule has 0 amide bonds. The predicted octanol–water partition coefficient (Wildman–Crippen LogP) is 4.59. The highest BCUT2D eigenvalue weighted by Crippen LogP contribution is 2.41. The minimum absolute atomic E-state index is 0.275. The van der Waals surface area contributed by atoms with Gasteiger partial charge in [0.25, 0.3) is 0 Å². The first-order valence-corrected chi connectivity index (χ1v) is 9.57.